The molecule has 0 aliphatic heterocycles. The van der Waals surface area contributed by atoms with E-state index in [1.54, 1.807) is 30.3 Å². The highest BCUT2D eigenvalue weighted by Gasteiger charge is 2.17. The Morgan fingerprint density at radius 3 is 2.15 bits per heavy atom. The first-order valence-electron chi connectivity index (χ1n) is 9.40. The van der Waals surface area contributed by atoms with Crippen molar-refractivity contribution >= 4 is 23.1 Å². The zero-order valence-corrected chi connectivity index (χ0v) is 16.6. The van der Waals surface area contributed by atoms with Gasteiger partial charge in [-0.1, -0.05) is 0 Å². The van der Waals surface area contributed by atoms with E-state index < -0.39 is 28.8 Å². The molecule has 0 atom stereocenters. The molecule has 4 aromatic rings. The van der Waals surface area contributed by atoms with Gasteiger partial charge in [0.25, 0.3) is 0 Å². The lowest BCUT2D eigenvalue weighted by Gasteiger charge is -2.12. The Morgan fingerprint density at radius 1 is 0.788 bits per heavy atom. The zero-order valence-electron chi connectivity index (χ0n) is 16.6. The van der Waals surface area contributed by atoms with Crippen LogP contribution in [0.4, 0.5) is 36.3 Å². The van der Waals surface area contributed by atoms with Crippen LogP contribution in [0.3, 0.4) is 0 Å². The van der Waals surface area contributed by atoms with Crippen molar-refractivity contribution in [3.63, 3.8) is 0 Å². The van der Waals surface area contributed by atoms with Crippen molar-refractivity contribution in [2.75, 3.05) is 10.6 Å². The van der Waals surface area contributed by atoms with Crippen LogP contribution in [0.25, 0.3) is 11.1 Å². The van der Waals surface area contributed by atoms with Gasteiger partial charge in [0.15, 0.2) is 11.5 Å². The Labute approximate surface area is 185 Å². The normalized spacial score (nSPS) is 10.2. The lowest BCUT2D eigenvalue weighted by atomic mass is 10.0. The topological polar surface area (TPSA) is 110 Å². The molecule has 0 unspecified atom stereocenters. The number of aromatic nitrogens is 3. The van der Waals surface area contributed by atoms with Gasteiger partial charge >= 0.3 is 0 Å². The minimum atomic E-state index is -0.986. The summed E-state index contributed by atoms with van der Waals surface area (Å²) < 4.78 is 43.8. The van der Waals surface area contributed by atoms with Gasteiger partial charge in [0, 0.05) is 23.6 Å². The van der Waals surface area contributed by atoms with E-state index in [0.29, 0.717) is 11.3 Å². The second kappa shape index (κ2) is 9.04. The van der Waals surface area contributed by atoms with E-state index in [2.05, 4.69) is 25.6 Å². The summed E-state index contributed by atoms with van der Waals surface area (Å²) in [5.74, 6) is -2.67. The Bertz CT molecular complexity index is 1400. The van der Waals surface area contributed by atoms with Gasteiger partial charge in [-0.25, -0.2) is 23.1 Å². The van der Waals surface area contributed by atoms with E-state index in [4.69, 9.17) is 10.5 Å². The van der Waals surface area contributed by atoms with Gasteiger partial charge in [-0.15, -0.1) is 0 Å². The zero-order chi connectivity index (χ0) is 23.4. The lowest BCUT2D eigenvalue weighted by Crippen LogP contribution is -2.03. The van der Waals surface area contributed by atoms with Gasteiger partial charge in [0.1, 0.15) is 29.2 Å². The van der Waals surface area contributed by atoms with E-state index >= 15 is 0 Å². The second-order valence-electron chi connectivity index (χ2n) is 6.65. The van der Waals surface area contributed by atoms with Crippen LogP contribution in [0.2, 0.25) is 0 Å². The number of nitrogens with zero attached hydrogens (tertiary/aromatic N) is 5. The summed E-state index contributed by atoms with van der Waals surface area (Å²) in [7, 11) is 0. The van der Waals surface area contributed by atoms with E-state index in [0.717, 1.165) is 12.1 Å². The fraction of sp³-hybridized carbons (Fsp3) is 0. The molecule has 2 aromatic carbocycles. The first kappa shape index (κ1) is 21.3. The second-order valence-corrected chi connectivity index (χ2v) is 6.65. The summed E-state index contributed by atoms with van der Waals surface area (Å²) in [6, 6.07) is 14.7. The molecule has 10 heteroatoms. The number of hydrogen-bond acceptors (Lipinski definition) is 7. The van der Waals surface area contributed by atoms with E-state index in [9.17, 15) is 13.2 Å². The molecule has 2 aromatic heterocycles. The van der Waals surface area contributed by atoms with Crippen molar-refractivity contribution in [3.8, 4) is 23.3 Å². The molecular formula is C23H12F3N7. The molecule has 0 saturated carbocycles. The molecule has 0 spiro atoms. The summed E-state index contributed by atoms with van der Waals surface area (Å²) in [5.41, 5.74) is -0.0963. The highest BCUT2D eigenvalue weighted by Crippen LogP contribution is 2.31. The average molecular weight is 443 g/mol. The van der Waals surface area contributed by atoms with Gasteiger partial charge in [0.2, 0.25) is 5.95 Å². The largest absolute Gasteiger partial charge is 0.335 e. The molecule has 2 heterocycles. The average Bonchev–Trinajstić information content (AvgIpc) is 2.82. The van der Waals surface area contributed by atoms with Crippen molar-refractivity contribution in [3.05, 3.63) is 89.6 Å². The van der Waals surface area contributed by atoms with Crippen molar-refractivity contribution in [1.82, 2.24) is 15.0 Å². The smallest absolute Gasteiger partial charge is 0.229 e. The molecule has 0 bridgehead atoms. The molecule has 0 aliphatic carbocycles. The van der Waals surface area contributed by atoms with Gasteiger partial charge in [-0.2, -0.15) is 15.5 Å². The third kappa shape index (κ3) is 4.55. The molecule has 4 rings (SSSR count). The maximum absolute atomic E-state index is 14.7. The monoisotopic (exact) mass is 443 g/mol. The first-order valence-corrected chi connectivity index (χ1v) is 9.40. The van der Waals surface area contributed by atoms with Crippen molar-refractivity contribution < 1.29 is 13.2 Å². The van der Waals surface area contributed by atoms with Crippen LogP contribution in [0.1, 0.15) is 11.3 Å². The molecule has 0 radical (unpaired) electrons. The van der Waals surface area contributed by atoms with Crippen molar-refractivity contribution in [2.45, 2.75) is 0 Å². The molecule has 2 N–H and O–H groups in total. The number of nitrogens with one attached hydrogen (secondary N) is 2. The minimum absolute atomic E-state index is 0.0854. The van der Waals surface area contributed by atoms with Gasteiger partial charge in [-0.3, -0.25) is 0 Å². The summed E-state index contributed by atoms with van der Waals surface area (Å²) in [4.78, 5) is 11.8. The molecule has 0 amide bonds. The summed E-state index contributed by atoms with van der Waals surface area (Å²) in [6.45, 7) is 0. The third-order valence-corrected chi connectivity index (χ3v) is 4.53. The van der Waals surface area contributed by atoms with Crippen molar-refractivity contribution in [2.24, 2.45) is 0 Å². The number of halogens is 3. The van der Waals surface area contributed by atoms with Gasteiger partial charge in [0.05, 0.1) is 11.6 Å². The Kier molecular flexibility index (Phi) is 5.83. The van der Waals surface area contributed by atoms with E-state index in [1.807, 2.05) is 6.07 Å². The van der Waals surface area contributed by atoms with Crippen LogP contribution < -0.4 is 10.6 Å². The predicted molar refractivity (Wildman–Crippen MR) is 114 cm³/mol. The Balaban J connectivity index is 1.59. The summed E-state index contributed by atoms with van der Waals surface area (Å²) >= 11 is 0. The van der Waals surface area contributed by atoms with E-state index in [-0.39, 0.29) is 22.9 Å². The summed E-state index contributed by atoms with van der Waals surface area (Å²) in [6.07, 6.45) is 2.57. The predicted octanol–water partition coefficient (Wildman–Crippen LogP) is 5.19. The highest BCUT2D eigenvalue weighted by molar-refractivity contribution is 5.70. The SMILES string of the molecule is N#Cc1ccc(Nc2nccc(Nc3c(F)cc(-c4ccnc(C#N)c4F)cc3F)n2)cc1. The molecule has 7 nitrogen and oxygen atoms in total. The lowest BCUT2D eigenvalue weighted by molar-refractivity contribution is 0.590. The number of anilines is 4. The molecule has 0 saturated heterocycles. The van der Waals surface area contributed by atoms with Crippen LogP contribution in [0.15, 0.2) is 60.9 Å². The maximum atomic E-state index is 14.7. The van der Waals surface area contributed by atoms with Crippen LogP contribution in [0.5, 0.6) is 0 Å². The van der Waals surface area contributed by atoms with E-state index in [1.165, 1.54) is 24.5 Å². The third-order valence-electron chi connectivity index (χ3n) is 4.53. The number of hydrogen-bond donors (Lipinski definition) is 2. The van der Waals surface area contributed by atoms with Crippen molar-refractivity contribution in [1.29, 1.82) is 10.5 Å². The molecule has 0 fully saturated rings. The number of nitriles is 2. The Morgan fingerprint density at radius 2 is 1.48 bits per heavy atom. The van der Waals surface area contributed by atoms with Crippen LogP contribution in [0, 0.1) is 40.1 Å². The standard InChI is InChI=1S/C23H12F3N7/c24-17-9-14(16-5-7-29-19(12-28)21(16)26)10-18(25)22(17)32-20-6-8-30-23(33-20)31-15-3-1-13(11-27)2-4-15/h1-10H,(H2,30,31,32,33). The molecule has 160 valence electrons. The summed E-state index contributed by atoms with van der Waals surface area (Å²) in [5, 5.41) is 23.2. The highest BCUT2D eigenvalue weighted by atomic mass is 19.1. The fourth-order valence-corrected chi connectivity index (χ4v) is 2.97. The first-order chi connectivity index (χ1) is 16.0. The number of rotatable bonds is 5. The van der Waals surface area contributed by atoms with Crippen LogP contribution in [-0.2, 0) is 0 Å². The maximum Gasteiger partial charge on any atom is 0.229 e. The minimum Gasteiger partial charge on any atom is -0.335 e. The molecule has 0 aliphatic rings. The van der Waals surface area contributed by atoms with Gasteiger partial charge in [-0.05, 0) is 54.1 Å². The number of pyridine rings is 1. The fourth-order valence-electron chi connectivity index (χ4n) is 2.97. The van der Waals surface area contributed by atoms with Gasteiger partial charge < -0.3 is 10.6 Å². The Hall–Kier alpha value is -4.96. The quantitative estimate of drug-likeness (QED) is 0.437. The van der Waals surface area contributed by atoms with Crippen LogP contribution >= 0.6 is 0 Å². The molecular weight excluding hydrogens is 431 g/mol. The molecule has 33 heavy (non-hydrogen) atoms. The number of benzene rings is 2. The van der Waals surface area contributed by atoms with Crippen LogP contribution in [-0.4, -0.2) is 15.0 Å².